The molecule has 0 aromatic carbocycles. The first-order valence-corrected chi connectivity index (χ1v) is 6.41. The van der Waals surface area contributed by atoms with Crippen LogP contribution < -0.4 is 5.48 Å². The van der Waals surface area contributed by atoms with Gasteiger partial charge in [-0.15, -0.1) is 0 Å². The molecule has 0 amide bonds. The Labute approximate surface area is 112 Å². The Morgan fingerprint density at radius 1 is 1.68 bits per heavy atom. The normalized spacial score (nSPS) is 19.7. The molecule has 7 heteroatoms. The van der Waals surface area contributed by atoms with Crippen molar-refractivity contribution < 1.29 is 9.63 Å². The highest BCUT2D eigenvalue weighted by atomic mass is 16.6. The molecule has 1 aromatic rings. The van der Waals surface area contributed by atoms with Gasteiger partial charge in [0, 0.05) is 25.4 Å². The van der Waals surface area contributed by atoms with E-state index < -0.39 is 0 Å². The van der Waals surface area contributed by atoms with E-state index in [0.29, 0.717) is 25.4 Å². The summed E-state index contributed by atoms with van der Waals surface area (Å²) in [6, 6.07) is 0.157. The molecule has 1 atom stereocenters. The predicted octanol–water partition coefficient (Wildman–Crippen LogP) is 0.506. The van der Waals surface area contributed by atoms with E-state index in [0.717, 1.165) is 6.42 Å². The number of amidine groups is 1. The molecule has 1 aromatic heterocycles. The number of nitrogens with zero attached hydrogens (tertiary/aromatic N) is 3. The van der Waals surface area contributed by atoms with Crippen LogP contribution in [0.15, 0.2) is 18.7 Å². The number of imidazole rings is 1. The largest absolute Gasteiger partial charge is 0.350 e. The molecule has 0 bridgehead atoms. The second-order valence-corrected chi connectivity index (χ2v) is 4.48. The fraction of sp³-hybridized carbons (Fsp3) is 0.583. The number of piperidine rings is 1. The van der Waals surface area contributed by atoms with Crippen molar-refractivity contribution in [2.75, 3.05) is 19.7 Å². The van der Waals surface area contributed by atoms with Gasteiger partial charge < -0.3 is 9.74 Å². The molecule has 104 valence electrons. The average Bonchev–Trinajstić information content (AvgIpc) is 2.93. The highest BCUT2D eigenvalue weighted by molar-refractivity contribution is 5.87. The summed E-state index contributed by atoms with van der Waals surface area (Å²) in [5.41, 5.74) is 2.96. The molecular formula is C12H19N5O2. The second-order valence-electron chi connectivity index (χ2n) is 4.48. The molecular weight excluding hydrogens is 246 g/mol. The van der Waals surface area contributed by atoms with Crippen LogP contribution in [-0.2, 0) is 4.84 Å². The molecule has 0 aliphatic carbocycles. The lowest BCUT2D eigenvalue weighted by molar-refractivity contribution is 0.0141. The Hall–Kier alpha value is -1.73. The number of carbonyl (C=O) groups is 1. The zero-order valence-corrected chi connectivity index (χ0v) is 11.0. The van der Waals surface area contributed by atoms with Crippen LogP contribution in [0.1, 0.15) is 24.6 Å². The third-order valence-electron chi connectivity index (χ3n) is 3.06. The molecule has 19 heavy (non-hydrogen) atoms. The number of hydrogen-bond acceptors (Lipinski definition) is 5. The first-order chi connectivity index (χ1) is 9.20. The number of likely N-dealkylation sites (tertiary alicyclic amines) is 1. The van der Waals surface area contributed by atoms with E-state index in [9.17, 15) is 4.79 Å². The minimum Gasteiger partial charge on any atom is -0.350 e. The summed E-state index contributed by atoms with van der Waals surface area (Å²) < 4.78 is 1.44. The maximum atomic E-state index is 12.0. The number of aromatic nitrogens is 2. The molecule has 2 heterocycles. The molecule has 1 fully saturated rings. The summed E-state index contributed by atoms with van der Waals surface area (Å²) in [5.74, 6) is 0.419. The van der Waals surface area contributed by atoms with Crippen LogP contribution in [0.4, 0.5) is 0 Å². The Bertz CT molecular complexity index is 431. The summed E-state index contributed by atoms with van der Waals surface area (Å²) in [6.45, 7) is 3.32. The van der Waals surface area contributed by atoms with E-state index in [2.05, 4.69) is 10.5 Å². The first-order valence-electron chi connectivity index (χ1n) is 6.41. The van der Waals surface area contributed by atoms with Gasteiger partial charge in [0.05, 0.1) is 25.0 Å². The lowest BCUT2D eigenvalue weighted by Gasteiger charge is -2.34. The van der Waals surface area contributed by atoms with E-state index >= 15 is 0 Å². The van der Waals surface area contributed by atoms with Crippen LogP contribution >= 0.6 is 0 Å². The average molecular weight is 265 g/mol. The van der Waals surface area contributed by atoms with Gasteiger partial charge in [0.1, 0.15) is 6.33 Å². The number of hydroxylamine groups is 1. The Balaban J connectivity index is 1.90. The standard InChI is InChI=1S/C12H19N5O2/c1-2-19-15-10-3-4-11(13)17(7-10)8-12(18)16-6-5-14-9-16/h5-6,9-10,13,15H,2-4,7-8H2,1H3/t10-/m1/s1. The van der Waals surface area contributed by atoms with Gasteiger partial charge in [-0.1, -0.05) is 0 Å². The highest BCUT2D eigenvalue weighted by Crippen LogP contribution is 2.12. The SMILES string of the molecule is CCON[C@@H]1CCC(=N)N(CC(=O)n2ccnc2)C1. The second kappa shape index (κ2) is 6.44. The zero-order valence-electron chi connectivity index (χ0n) is 11.0. The molecule has 1 saturated heterocycles. The van der Waals surface area contributed by atoms with Crippen LogP contribution in [0, 0.1) is 5.41 Å². The maximum Gasteiger partial charge on any atom is 0.251 e. The van der Waals surface area contributed by atoms with Crippen molar-refractivity contribution in [1.82, 2.24) is 19.9 Å². The van der Waals surface area contributed by atoms with E-state index in [1.165, 1.54) is 10.9 Å². The molecule has 0 radical (unpaired) electrons. The van der Waals surface area contributed by atoms with Gasteiger partial charge in [-0.3, -0.25) is 14.8 Å². The summed E-state index contributed by atoms with van der Waals surface area (Å²) in [7, 11) is 0. The van der Waals surface area contributed by atoms with E-state index in [-0.39, 0.29) is 18.5 Å². The van der Waals surface area contributed by atoms with Gasteiger partial charge in [0.15, 0.2) is 0 Å². The number of nitrogens with one attached hydrogen (secondary N) is 2. The smallest absolute Gasteiger partial charge is 0.251 e. The van der Waals surface area contributed by atoms with E-state index in [1.807, 2.05) is 6.92 Å². The number of rotatable bonds is 5. The third kappa shape index (κ3) is 3.62. The number of carbonyl (C=O) groups excluding carboxylic acids is 1. The van der Waals surface area contributed by atoms with Crippen molar-refractivity contribution in [3.63, 3.8) is 0 Å². The molecule has 7 nitrogen and oxygen atoms in total. The molecule has 1 aliphatic heterocycles. The van der Waals surface area contributed by atoms with Gasteiger partial charge in [0.2, 0.25) is 0 Å². The van der Waals surface area contributed by atoms with Crippen molar-refractivity contribution in [2.45, 2.75) is 25.8 Å². The van der Waals surface area contributed by atoms with Crippen LogP contribution in [-0.4, -0.2) is 51.9 Å². The Kier molecular flexibility index (Phi) is 4.64. The van der Waals surface area contributed by atoms with E-state index in [1.54, 1.807) is 17.3 Å². The fourth-order valence-electron chi connectivity index (χ4n) is 2.05. The third-order valence-corrected chi connectivity index (χ3v) is 3.06. The van der Waals surface area contributed by atoms with Crippen LogP contribution in [0.25, 0.3) is 0 Å². The molecule has 0 spiro atoms. The van der Waals surface area contributed by atoms with Crippen molar-refractivity contribution >= 4 is 11.7 Å². The minimum absolute atomic E-state index is 0.0840. The number of hydrogen-bond donors (Lipinski definition) is 2. The van der Waals surface area contributed by atoms with Crippen molar-refractivity contribution in [3.8, 4) is 0 Å². The Morgan fingerprint density at radius 2 is 2.53 bits per heavy atom. The van der Waals surface area contributed by atoms with Crippen LogP contribution in [0.2, 0.25) is 0 Å². The zero-order chi connectivity index (χ0) is 13.7. The Morgan fingerprint density at radius 3 is 3.21 bits per heavy atom. The highest BCUT2D eigenvalue weighted by Gasteiger charge is 2.25. The van der Waals surface area contributed by atoms with Crippen LogP contribution in [0.3, 0.4) is 0 Å². The molecule has 0 saturated carbocycles. The fourth-order valence-corrected chi connectivity index (χ4v) is 2.05. The van der Waals surface area contributed by atoms with E-state index in [4.69, 9.17) is 10.2 Å². The monoisotopic (exact) mass is 265 g/mol. The first kappa shape index (κ1) is 13.7. The minimum atomic E-state index is -0.0840. The maximum absolute atomic E-state index is 12.0. The molecule has 2 rings (SSSR count). The van der Waals surface area contributed by atoms with Crippen LogP contribution in [0.5, 0.6) is 0 Å². The van der Waals surface area contributed by atoms with Gasteiger partial charge >= 0.3 is 0 Å². The summed E-state index contributed by atoms with van der Waals surface area (Å²) in [5, 5.41) is 7.91. The lowest BCUT2D eigenvalue weighted by Crippen LogP contribution is -2.50. The van der Waals surface area contributed by atoms with Crippen molar-refractivity contribution in [2.24, 2.45) is 0 Å². The molecule has 2 N–H and O–H groups in total. The van der Waals surface area contributed by atoms with Gasteiger partial charge in [0.25, 0.3) is 5.91 Å². The molecule has 0 unspecified atom stereocenters. The van der Waals surface area contributed by atoms with Gasteiger partial charge in [-0.25, -0.2) is 4.98 Å². The summed E-state index contributed by atoms with van der Waals surface area (Å²) in [4.78, 5) is 22.8. The van der Waals surface area contributed by atoms with Crippen molar-refractivity contribution in [3.05, 3.63) is 18.7 Å². The summed E-state index contributed by atoms with van der Waals surface area (Å²) >= 11 is 0. The van der Waals surface area contributed by atoms with Gasteiger partial charge in [-0.2, -0.15) is 5.48 Å². The predicted molar refractivity (Wildman–Crippen MR) is 69.9 cm³/mol. The lowest BCUT2D eigenvalue weighted by atomic mass is 10.1. The van der Waals surface area contributed by atoms with Gasteiger partial charge in [-0.05, 0) is 13.3 Å². The topological polar surface area (TPSA) is 83.2 Å². The van der Waals surface area contributed by atoms with Crippen molar-refractivity contribution in [1.29, 1.82) is 5.41 Å². The summed E-state index contributed by atoms with van der Waals surface area (Å²) in [6.07, 6.45) is 6.17. The quantitative estimate of drug-likeness (QED) is 0.758. The molecule has 1 aliphatic rings.